The number of hydroxylamine groups is 2. The summed E-state index contributed by atoms with van der Waals surface area (Å²) in [6, 6.07) is 6.36. The smallest absolute Gasteiger partial charge is 0.333 e. The van der Waals surface area contributed by atoms with Crippen molar-refractivity contribution in [2.75, 3.05) is 6.61 Å². The van der Waals surface area contributed by atoms with Gasteiger partial charge < -0.3 is 9.57 Å². The summed E-state index contributed by atoms with van der Waals surface area (Å²) in [6.45, 7) is 2.14. The average molecular weight is 359 g/mol. The molecule has 0 saturated heterocycles. The Kier molecular flexibility index (Phi) is 5.35. The Labute approximate surface area is 151 Å². The van der Waals surface area contributed by atoms with E-state index in [0.717, 1.165) is 0 Å². The standard InChI is InChI=1S/C19H21NO6/c1-2-25-19(24)13-9-7-12(8-10-13)11-16(21)26-20-17(22)14-5-3-4-6-15(14)18(20)23/h3-6,12-13H,2,7-11H2,1H3. The van der Waals surface area contributed by atoms with Gasteiger partial charge in [-0.05, 0) is 50.7 Å². The van der Waals surface area contributed by atoms with Crippen molar-refractivity contribution < 1.29 is 28.8 Å². The molecule has 0 radical (unpaired) electrons. The Hall–Kier alpha value is -2.70. The highest BCUT2D eigenvalue weighted by Gasteiger charge is 2.39. The molecule has 1 saturated carbocycles. The summed E-state index contributed by atoms with van der Waals surface area (Å²) < 4.78 is 5.03. The molecule has 0 bridgehead atoms. The summed E-state index contributed by atoms with van der Waals surface area (Å²) in [5.41, 5.74) is 0.473. The van der Waals surface area contributed by atoms with Crippen LogP contribution in [0.2, 0.25) is 0 Å². The minimum absolute atomic E-state index is 0.0726. The Balaban J connectivity index is 1.51. The molecule has 1 aromatic rings. The summed E-state index contributed by atoms with van der Waals surface area (Å²) in [4.78, 5) is 53.3. The normalized spacial score (nSPS) is 22.1. The summed E-state index contributed by atoms with van der Waals surface area (Å²) in [6.07, 6.45) is 2.87. The maximum absolute atomic E-state index is 12.2. The van der Waals surface area contributed by atoms with Crippen molar-refractivity contribution in [2.24, 2.45) is 11.8 Å². The molecule has 1 heterocycles. The number of hydrogen-bond donors (Lipinski definition) is 0. The zero-order valence-electron chi connectivity index (χ0n) is 14.6. The first-order chi connectivity index (χ1) is 12.5. The summed E-state index contributed by atoms with van der Waals surface area (Å²) >= 11 is 0. The maximum atomic E-state index is 12.2. The number of amides is 2. The number of esters is 1. The van der Waals surface area contributed by atoms with Crippen LogP contribution in [0.25, 0.3) is 0 Å². The maximum Gasteiger partial charge on any atom is 0.333 e. The van der Waals surface area contributed by atoms with Crippen molar-refractivity contribution in [3.8, 4) is 0 Å². The van der Waals surface area contributed by atoms with Crippen LogP contribution in [0, 0.1) is 11.8 Å². The van der Waals surface area contributed by atoms with Gasteiger partial charge in [-0.3, -0.25) is 14.4 Å². The molecular formula is C19H21NO6. The number of ether oxygens (including phenoxy) is 1. The molecule has 7 nitrogen and oxygen atoms in total. The van der Waals surface area contributed by atoms with Gasteiger partial charge in [0.25, 0.3) is 11.8 Å². The quantitative estimate of drug-likeness (QED) is 0.593. The van der Waals surface area contributed by atoms with Crippen molar-refractivity contribution in [3.05, 3.63) is 35.4 Å². The zero-order chi connectivity index (χ0) is 18.7. The number of imide groups is 1. The number of rotatable bonds is 5. The first-order valence-electron chi connectivity index (χ1n) is 8.86. The molecule has 0 atom stereocenters. The second kappa shape index (κ2) is 7.68. The average Bonchev–Trinajstić information content (AvgIpc) is 2.88. The topological polar surface area (TPSA) is 90.0 Å². The SMILES string of the molecule is CCOC(=O)C1CCC(CC(=O)ON2C(=O)c3ccccc3C2=O)CC1. The third-order valence-corrected chi connectivity index (χ3v) is 4.87. The number of hydrogen-bond acceptors (Lipinski definition) is 6. The Morgan fingerprint density at radius 3 is 2.15 bits per heavy atom. The fourth-order valence-corrected chi connectivity index (χ4v) is 3.49. The zero-order valence-corrected chi connectivity index (χ0v) is 14.6. The van der Waals surface area contributed by atoms with E-state index in [4.69, 9.17) is 9.57 Å². The van der Waals surface area contributed by atoms with Crippen LogP contribution in [0.4, 0.5) is 0 Å². The minimum Gasteiger partial charge on any atom is -0.466 e. The number of benzene rings is 1. The van der Waals surface area contributed by atoms with Crippen molar-refractivity contribution in [2.45, 2.75) is 39.0 Å². The van der Waals surface area contributed by atoms with E-state index < -0.39 is 17.8 Å². The molecule has 2 amide bonds. The third kappa shape index (κ3) is 3.61. The van der Waals surface area contributed by atoms with Crippen LogP contribution >= 0.6 is 0 Å². The molecule has 0 unspecified atom stereocenters. The van der Waals surface area contributed by atoms with Gasteiger partial charge in [-0.1, -0.05) is 17.2 Å². The van der Waals surface area contributed by atoms with Crippen LogP contribution in [0.3, 0.4) is 0 Å². The van der Waals surface area contributed by atoms with Gasteiger partial charge in [0.2, 0.25) is 0 Å². The van der Waals surface area contributed by atoms with Gasteiger partial charge >= 0.3 is 11.9 Å². The van der Waals surface area contributed by atoms with Crippen molar-refractivity contribution in [3.63, 3.8) is 0 Å². The van der Waals surface area contributed by atoms with E-state index in [1.807, 2.05) is 0 Å². The van der Waals surface area contributed by atoms with Crippen molar-refractivity contribution in [1.82, 2.24) is 5.06 Å². The Morgan fingerprint density at radius 1 is 1.04 bits per heavy atom. The number of nitrogens with zero attached hydrogens (tertiary/aromatic N) is 1. The molecule has 1 aliphatic carbocycles. The van der Waals surface area contributed by atoms with E-state index in [-0.39, 0.29) is 35.4 Å². The summed E-state index contributed by atoms with van der Waals surface area (Å²) in [7, 11) is 0. The van der Waals surface area contributed by atoms with Gasteiger partial charge in [0, 0.05) is 0 Å². The van der Waals surface area contributed by atoms with Gasteiger partial charge in [0.1, 0.15) is 0 Å². The monoisotopic (exact) mass is 359 g/mol. The van der Waals surface area contributed by atoms with Crippen molar-refractivity contribution in [1.29, 1.82) is 0 Å². The summed E-state index contributed by atoms with van der Waals surface area (Å²) in [5, 5.41) is 0.539. The highest BCUT2D eigenvalue weighted by molar-refractivity contribution is 6.20. The van der Waals surface area contributed by atoms with Crippen LogP contribution in [0.5, 0.6) is 0 Å². The fraction of sp³-hybridized carbons (Fsp3) is 0.474. The first-order valence-corrected chi connectivity index (χ1v) is 8.86. The molecule has 7 heteroatoms. The van der Waals surface area contributed by atoms with E-state index in [1.165, 1.54) is 12.1 Å². The van der Waals surface area contributed by atoms with Crippen LogP contribution in [0.15, 0.2) is 24.3 Å². The van der Waals surface area contributed by atoms with E-state index >= 15 is 0 Å². The lowest BCUT2D eigenvalue weighted by Crippen LogP contribution is -2.33. The van der Waals surface area contributed by atoms with E-state index in [0.29, 0.717) is 37.4 Å². The molecule has 138 valence electrons. The molecule has 0 spiro atoms. The lowest BCUT2D eigenvalue weighted by molar-refractivity contribution is -0.170. The van der Waals surface area contributed by atoms with E-state index in [9.17, 15) is 19.2 Å². The van der Waals surface area contributed by atoms with Gasteiger partial charge in [-0.2, -0.15) is 0 Å². The lowest BCUT2D eigenvalue weighted by atomic mass is 9.80. The van der Waals surface area contributed by atoms with Crippen LogP contribution in [-0.4, -0.2) is 35.4 Å². The van der Waals surface area contributed by atoms with Gasteiger partial charge in [0.05, 0.1) is 30.1 Å². The Bertz CT molecular complexity index is 700. The molecule has 1 aromatic carbocycles. The van der Waals surface area contributed by atoms with Gasteiger partial charge in [0.15, 0.2) is 0 Å². The number of fused-ring (bicyclic) bond motifs is 1. The largest absolute Gasteiger partial charge is 0.466 e. The minimum atomic E-state index is -0.620. The molecule has 0 N–H and O–H groups in total. The van der Waals surface area contributed by atoms with E-state index in [1.54, 1.807) is 19.1 Å². The number of carbonyl (C=O) groups is 4. The highest BCUT2D eigenvalue weighted by atomic mass is 16.7. The Morgan fingerprint density at radius 2 is 1.62 bits per heavy atom. The predicted octanol–water partition coefficient (Wildman–Crippen LogP) is 2.50. The van der Waals surface area contributed by atoms with E-state index in [2.05, 4.69) is 0 Å². The molecule has 2 aliphatic rings. The lowest BCUT2D eigenvalue weighted by Gasteiger charge is -2.26. The molecule has 1 aliphatic heterocycles. The predicted molar refractivity (Wildman–Crippen MR) is 89.7 cm³/mol. The van der Waals surface area contributed by atoms with Crippen LogP contribution in [0.1, 0.15) is 59.7 Å². The third-order valence-electron chi connectivity index (χ3n) is 4.87. The highest BCUT2D eigenvalue weighted by Crippen LogP contribution is 2.32. The molecule has 3 rings (SSSR count). The van der Waals surface area contributed by atoms with Crippen molar-refractivity contribution >= 4 is 23.8 Å². The van der Waals surface area contributed by atoms with Crippen LogP contribution < -0.4 is 0 Å². The molecular weight excluding hydrogens is 338 g/mol. The molecule has 26 heavy (non-hydrogen) atoms. The first kappa shape index (κ1) is 18.1. The molecule has 1 fully saturated rings. The number of carbonyl (C=O) groups excluding carboxylic acids is 4. The van der Waals surface area contributed by atoms with Gasteiger partial charge in [-0.15, -0.1) is 0 Å². The van der Waals surface area contributed by atoms with Gasteiger partial charge in [-0.25, -0.2) is 4.79 Å². The second-order valence-electron chi connectivity index (χ2n) is 6.59. The second-order valence-corrected chi connectivity index (χ2v) is 6.59. The summed E-state index contributed by atoms with van der Waals surface area (Å²) in [5.74, 6) is -2.07. The van der Waals surface area contributed by atoms with Crippen LogP contribution in [-0.2, 0) is 19.2 Å². The molecule has 0 aromatic heterocycles. The fourth-order valence-electron chi connectivity index (χ4n) is 3.49.